The second-order valence-corrected chi connectivity index (χ2v) is 6.94. The van der Waals surface area contributed by atoms with Gasteiger partial charge in [0, 0.05) is 23.2 Å². The number of rotatable bonds is 5. The van der Waals surface area contributed by atoms with Gasteiger partial charge in [0.05, 0.1) is 5.39 Å². The highest BCUT2D eigenvalue weighted by Crippen LogP contribution is 2.33. The molecule has 2 N–H and O–H groups in total. The molecule has 0 bridgehead atoms. The number of hydrogen-bond acceptors (Lipinski definition) is 6. The van der Waals surface area contributed by atoms with Gasteiger partial charge in [0.1, 0.15) is 11.2 Å². The average Bonchev–Trinajstić information content (AvgIpc) is 2.89. The van der Waals surface area contributed by atoms with Crippen LogP contribution in [0.5, 0.6) is 5.88 Å². The molecule has 0 saturated carbocycles. The largest absolute Gasteiger partial charge is 0.467 e. The molecule has 0 radical (unpaired) electrons. The number of carbonyl (C=O) groups excluding carboxylic acids is 2. The predicted molar refractivity (Wildman–Crippen MR) is 102 cm³/mol. The van der Waals surface area contributed by atoms with Crippen LogP contribution >= 0.6 is 11.3 Å². The summed E-state index contributed by atoms with van der Waals surface area (Å²) in [5.74, 6) is -0.0352. The number of fused-ring (bicyclic) bond motifs is 1. The summed E-state index contributed by atoms with van der Waals surface area (Å²) in [5.41, 5.74) is 2.34. The summed E-state index contributed by atoms with van der Waals surface area (Å²) in [4.78, 5) is 33.5. The van der Waals surface area contributed by atoms with Crippen LogP contribution < -0.4 is 15.4 Å². The zero-order valence-corrected chi connectivity index (χ0v) is 15.4. The van der Waals surface area contributed by atoms with E-state index in [1.807, 2.05) is 13.8 Å². The van der Waals surface area contributed by atoms with Gasteiger partial charge in [-0.1, -0.05) is 0 Å². The Bertz CT molecular complexity index is 966. The third-order valence-corrected chi connectivity index (χ3v) is 4.87. The minimum Gasteiger partial charge on any atom is -0.467 e. The maximum Gasteiger partial charge on any atom is 0.262 e. The van der Waals surface area contributed by atoms with E-state index in [1.165, 1.54) is 13.3 Å². The first-order chi connectivity index (χ1) is 12.4. The van der Waals surface area contributed by atoms with Gasteiger partial charge in [-0.25, -0.2) is 9.97 Å². The van der Waals surface area contributed by atoms with Gasteiger partial charge in [0.15, 0.2) is 6.61 Å². The summed E-state index contributed by atoms with van der Waals surface area (Å²) in [5, 5.41) is 6.26. The van der Waals surface area contributed by atoms with Crippen LogP contribution in [0.15, 0.2) is 30.6 Å². The van der Waals surface area contributed by atoms with Crippen molar-refractivity contribution in [3.8, 4) is 5.88 Å². The van der Waals surface area contributed by atoms with Crippen molar-refractivity contribution in [2.45, 2.75) is 20.8 Å². The van der Waals surface area contributed by atoms with E-state index in [1.54, 1.807) is 35.6 Å². The fourth-order valence-electron chi connectivity index (χ4n) is 2.43. The van der Waals surface area contributed by atoms with Gasteiger partial charge < -0.3 is 15.4 Å². The van der Waals surface area contributed by atoms with Crippen molar-refractivity contribution >= 4 is 44.7 Å². The van der Waals surface area contributed by atoms with E-state index in [0.29, 0.717) is 17.3 Å². The SMILES string of the molecule is CC(=O)Nc1ccc(NC(=O)COc2ncnc3sc(C)c(C)c23)cc1. The van der Waals surface area contributed by atoms with Crippen LogP contribution in [0.4, 0.5) is 11.4 Å². The number of ether oxygens (including phenoxy) is 1. The van der Waals surface area contributed by atoms with Crippen LogP contribution in [0.2, 0.25) is 0 Å². The molecule has 3 rings (SSSR count). The van der Waals surface area contributed by atoms with Gasteiger partial charge >= 0.3 is 0 Å². The molecular formula is C18H18N4O3S. The van der Waals surface area contributed by atoms with Crippen LogP contribution in [-0.4, -0.2) is 28.4 Å². The molecule has 0 unspecified atom stereocenters. The van der Waals surface area contributed by atoms with Crippen molar-refractivity contribution in [3.63, 3.8) is 0 Å². The summed E-state index contributed by atoms with van der Waals surface area (Å²) < 4.78 is 5.61. The van der Waals surface area contributed by atoms with E-state index in [-0.39, 0.29) is 18.4 Å². The van der Waals surface area contributed by atoms with Crippen molar-refractivity contribution in [2.24, 2.45) is 0 Å². The Morgan fingerprint density at radius 1 is 1.08 bits per heavy atom. The van der Waals surface area contributed by atoms with E-state index >= 15 is 0 Å². The lowest BCUT2D eigenvalue weighted by atomic mass is 10.2. The zero-order valence-electron chi connectivity index (χ0n) is 14.6. The lowest BCUT2D eigenvalue weighted by Crippen LogP contribution is -2.20. The number of carbonyl (C=O) groups is 2. The number of amides is 2. The van der Waals surface area contributed by atoms with Crippen molar-refractivity contribution in [2.75, 3.05) is 17.2 Å². The monoisotopic (exact) mass is 370 g/mol. The molecule has 2 aromatic heterocycles. The van der Waals surface area contributed by atoms with Crippen molar-refractivity contribution in [3.05, 3.63) is 41.0 Å². The summed E-state index contributed by atoms with van der Waals surface area (Å²) in [6.07, 6.45) is 1.44. The molecule has 0 fully saturated rings. The number of aryl methyl sites for hydroxylation is 2. The molecule has 0 spiro atoms. The lowest BCUT2D eigenvalue weighted by Gasteiger charge is -2.09. The quantitative estimate of drug-likeness (QED) is 0.719. The van der Waals surface area contributed by atoms with Gasteiger partial charge in [-0.05, 0) is 43.7 Å². The molecule has 7 nitrogen and oxygen atoms in total. The topological polar surface area (TPSA) is 93.2 Å². The van der Waals surface area contributed by atoms with E-state index in [2.05, 4.69) is 20.6 Å². The molecule has 134 valence electrons. The highest BCUT2D eigenvalue weighted by atomic mass is 32.1. The van der Waals surface area contributed by atoms with Crippen molar-refractivity contribution in [1.82, 2.24) is 9.97 Å². The van der Waals surface area contributed by atoms with Gasteiger partial charge in [-0.15, -0.1) is 11.3 Å². The average molecular weight is 370 g/mol. The fraction of sp³-hybridized carbons (Fsp3) is 0.222. The number of hydrogen-bond donors (Lipinski definition) is 2. The molecule has 3 aromatic rings. The van der Waals surface area contributed by atoms with Crippen LogP contribution in [0, 0.1) is 13.8 Å². The first-order valence-corrected chi connectivity index (χ1v) is 8.76. The second kappa shape index (κ2) is 7.49. The molecule has 0 saturated heterocycles. The Morgan fingerprint density at radius 2 is 1.73 bits per heavy atom. The van der Waals surface area contributed by atoms with E-state index < -0.39 is 0 Å². The molecule has 26 heavy (non-hydrogen) atoms. The summed E-state index contributed by atoms with van der Waals surface area (Å²) >= 11 is 1.57. The molecule has 0 aliphatic rings. The standard InChI is InChI=1S/C18H18N4O3S/c1-10-11(2)26-18-16(10)17(19-9-20-18)25-8-15(24)22-14-6-4-13(5-7-14)21-12(3)23/h4-7,9H,8H2,1-3H3,(H,21,23)(H,22,24). The Labute approximate surface area is 154 Å². The predicted octanol–water partition coefficient (Wildman–Crippen LogP) is 3.28. The number of anilines is 2. The molecule has 0 aliphatic heterocycles. The molecule has 8 heteroatoms. The first-order valence-electron chi connectivity index (χ1n) is 7.95. The van der Waals surface area contributed by atoms with Crippen LogP contribution in [0.3, 0.4) is 0 Å². The van der Waals surface area contributed by atoms with Crippen molar-refractivity contribution in [1.29, 1.82) is 0 Å². The molecule has 1 aromatic carbocycles. The Kier molecular flexibility index (Phi) is 5.13. The maximum atomic E-state index is 12.1. The van der Waals surface area contributed by atoms with E-state index in [9.17, 15) is 9.59 Å². The number of aromatic nitrogens is 2. The minimum absolute atomic E-state index is 0.148. The molecule has 2 heterocycles. The zero-order chi connectivity index (χ0) is 18.7. The smallest absolute Gasteiger partial charge is 0.262 e. The lowest BCUT2D eigenvalue weighted by molar-refractivity contribution is -0.118. The number of thiophene rings is 1. The van der Waals surface area contributed by atoms with Gasteiger partial charge in [-0.3, -0.25) is 9.59 Å². The molecular weight excluding hydrogens is 352 g/mol. The molecule has 2 amide bonds. The minimum atomic E-state index is -0.298. The number of benzene rings is 1. The maximum absolute atomic E-state index is 12.1. The third kappa shape index (κ3) is 3.97. The highest BCUT2D eigenvalue weighted by molar-refractivity contribution is 7.18. The molecule has 0 aliphatic carbocycles. The molecule has 0 atom stereocenters. The van der Waals surface area contributed by atoms with Gasteiger partial charge in [0.25, 0.3) is 5.91 Å². The number of nitrogens with zero attached hydrogens (tertiary/aromatic N) is 2. The Balaban J connectivity index is 1.63. The number of nitrogens with one attached hydrogen (secondary N) is 2. The van der Waals surface area contributed by atoms with Gasteiger partial charge in [0.2, 0.25) is 11.8 Å². The van der Waals surface area contributed by atoms with E-state index in [0.717, 1.165) is 20.7 Å². The Morgan fingerprint density at radius 3 is 2.38 bits per heavy atom. The van der Waals surface area contributed by atoms with Crippen LogP contribution in [0.25, 0.3) is 10.2 Å². The summed E-state index contributed by atoms with van der Waals surface area (Å²) in [6, 6.07) is 6.84. The van der Waals surface area contributed by atoms with Crippen LogP contribution in [-0.2, 0) is 9.59 Å². The summed E-state index contributed by atoms with van der Waals surface area (Å²) in [6.45, 7) is 5.28. The highest BCUT2D eigenvalue weighted by Gasteiger charge is 2.14. The summed E-state index contributed by atoms with van der Waals surface area (Å²) in [7, 11) is 0. The van der Waals surface area contributed by atoms with Gasteiger partial charge in [-0.2, -0.15) is 0 Å². The fourth-order valence-corrected chi connectivity index (χ4v) is 3.42. The van der Waals surface area contributed by atoms with Crippen LogP contribution in [0.1, 0.15) is 17.4 Å². The van der Waals surface area contributed by atoms with E-state index in [4.69, 9.17) is 4.74 Å². The Hall–Kier alpha value is -3.00. The normalized spacial score (nSPS) is 10.6. The van der Waals surface area contributed by atoms with Crippen molar-refractivity contribution < 1.29 is 14.3 Å². The first kappa shape index (κ1) is 17.8. The third-order valence-electron chi connectivity index (χ3n) is 3.76. The second-order valence-electron chi connectivity index (χ2n) is 5.74.